The summed E-state index contributed by atoms with van der Waals surface area (Å²) in [6, 6.07) is 16.4. The number of pyridine rings is 2. The maximum absolute atomic E-state index is 4.27. The first kappa shape index (κ1) is 11.9. The van der Waals surface area contributed by atoms with Crippen LogP contribution in [0, 0.1) is 0 Å². The number of benzene rings is 1. The zero-order chi connectivity index (χ0) is 14.1. The minimum absolute atomic E-state index is 1.09. The van der Waals surface area contributed by atoms with E-state index in [-0.39, 0.29) is 0 Å². The van der Waals surface area contributed by atoms with Crippen LogP contribution in [0.4, 0.5) is 0 Å². The number of nitrogens with zero attached hydrogens (tertiary/aromatic N) is 2. The van der Waals surface area contributed by atoms with Gasteiger partial charge in [0.15, 0.2) is 0 Å². The molecule has 3 heteroatoms. The third-order valence-corrected chi connectivity index (χ3v) is 3.63. The Hall–Kier alpha value is -2.94. The van der Waals surface area contributed by atoms with E-state index in [4.69, 9.17) is 0 Å². The Morgan fingerprint density at radius 1 is 0.714 bits per heavy atom. The van der Waals surface area contributed by atoms with Crippen molar-refractivity contribution in [3.05, 3.63) is 73.3 Å². The minimum Gasteiger partial charge on any atom is -0.354 e. The van der Waals surface area contributed by atoms with E-state index in [1.54, 1.807) is 0 Å². The molecule has 4 rings (SSSR count). The lowest BCUT2D eigenvalue weighted by atomic mass is 10.00. The summed E-state index contributed by atoms with van der Waals surface area (Å²) in [5, 5.41) is 1.13. The van der Waals surface area contributed by atoms with Crippen LogP contribution in [0.15, 0.2) is 73.3 Å². The van der Waals surface area contributed by atoms with Gasteiger partial charge in [0.25, 0.3) is 0 Å². The van der Waals surface area contributed by atoms with E-state index in [0.717, 1.165) is 22.2 Å². The lowest BCUT2D eigenvalue weighted by Gasteiger charge is -2.05. The lowest BCUT2D eigenvalue weighted by Crippen LogP contribution is -1.83. The van der Waals surface area contributed by atoms with Gasteiger partial charge in [-0.1, -0.05) is 30.3 Å². The Kier molecular flexibility index (Phi) is 2.75. The quantitative estimate of drug-likeness (QED) is 0.591. The van der Waals surface area contributed by atoms with Crippen molar-refractivity contribution in [3.63, 3.8) is 0 Å². The van der Waals surface area contributed by atoms with E-state index in [2.05, 4.69) is 39.2 Å². The summed E-state index contributed by atoms with van der Waals surface area (Å²) in [6.45, 7) is 0. The number of H-pyrrole nitrogens is 1. The largest absolute Gasteiger partial charge is 0.354 e. The highest BCUT2D eigenvalue weighted by molar-refractivity contribution is 6.03. The monoisotopic (exact) mass is 271 g/mol. The molecule has 0 radical (unpaired) electrons. The van der Waals surface area contributed by atoms with Gasteiger partial charge >= 0.3 is 0 Å². The SMILES string of the molecule is c1ccc(-c2c(-c3ccncc3)[nH]c3ccncc23)cc1. The zero-order valence-electron chi connectivity index (χ0n) is 11.3. The van der Waals surface area contributed by atoms with Gasteiger partial charge in [0.2, 0.25) is 0 Å². The van der Waals surface area contributed by atoms with Crippen LogP contribution in [0.2, 0.25) is 0 Å². The first-order valence-corrected chi connectivity index (χ1v) is 6.85. The predicted octanol–water partition coefficient (Wildman–Crippen LogP) is 4.29. The molecule has 1 aromatic carbocycles. The van der Waals surface area contributed by atoms with Crippen molar-refractivity contribution in [3.8, 4) is 22.4 Å². The van der Waals surface area contributed by atoms with E-state index in [0.29, 0.717) is 0 Å². The number of hydrogen-bond acceptors (Lipinski definition) is 2. The summed E-state index contributed by atoms with van der Waals surface area (Å²) in [5.41, 5.74) is 5.69. The van der Waals surface area contributed by atoms with Crippen LogP contribution in [0.5, 0.6) is 0 Å². The third-order valence-electron chi connectivity index (χ3n) is 3.63. The van der Waals surface area contributed by atoms with E-state index in [1.807, 2.05) is 49.1 Å². The third kappa shape index (κ3) is 1.99. The van der Waals surface area contributed by atoms with Crippen molar-refractivity contribution >= 4 is 10.9 Å². The molecular formula is C18H13N3. The van der Waals surface area contributed by atoms with Crippen LogP contribution in [0.3, 0.4) is 0 Å². The van der Waals surface area contributed by atoms with Gasteiger partial charge in [-0.05, 0) is 23.8 Å². The summed E-state index contributed by atoms with van der Waals surface area (Å²) >= 11 is 0. The van der Waals surface area contributed by atoms with Gasteiger partial charge in [-0.15, -0.1) is 0 Å². The fourth-order valence-electron chi connectivity index (χ4n) is 2.67. The van der Waals surface area contributed by atoms with Crippen molar-refractivity contribution in [2.24, 2.45) is 0 Å². The summed E-state index contributed by atoms with van der Waals surface area (Å²) in [4.78, 5) is 11.9. The number of rotatable bonds is 2. The summed E-state index contributed by atoms with van der Waals surface area (Å²) in [6.07, 6.45) is 7.35. The van der Waals surface area contributed by atoms with E-state index < -0.39 is 0 Å². The Morgan fingerprint density at radius 2 is 1.48 bits per heavy atom. The Balaban J connectivity index is 2.07. The average Bonchev–Trinajstić information content (AvgIpc) is 2.96. The smallest absolute Gasteiger partial charge is 0.0546 e. The second kappa shape index (κ2) is 4.87. The number of fused-ring (bicyclic) bond motifs is 1. The molecule has 0 atom stereocenters. The first-order valence-electron chi connectivity index (χ1n) is 6.85. The number of aromatic amines is 1. The standard InChI is InChI=1S/C18H13N3/c1-2-4-13(5-3-1)17-15-12-20-11-8-16(15)21-18(17)14-6-9-19-10-7-14/h1-12,21H. The van der Waals surface area contributed by atoms with Crippen LogP contribution < -0.4 is 0 Å². The van der Waals surface area contributed by atoms with Gasteiger partial charge in [-0.2, -0.15) is 0 Å². The van der Waals surface area contributed by atoms with E-state index >= 15 is 0 Å². The minimum atomic E-state index is 1.09. The van der Waals surface area contributed by atoms with Crippen molar-refractivity contribution in [2.75, 3.05) is 0 Å². The van der Waals surface area contributed by atoms with E-state index in [9.17, 15) is 0 Å². The molecule has 21 heavy (non-hydrogen) atoms. The Labute approximate surface area is 122 Å². The number of hydrogen-bond donors (Lipinski definition) is 1. The maximum atomic E-state index is 4.27. The van der Waals surface area contributed by atoms with Gasteiger partial charge < -0.3 is 4.98 Å². The number of nitrogens with one attached hydrogen (secondary N) is 1. The van der Waals surface area contributed by atoms with Gasteiger partial charge in [0.1, 0.15) is 0 Å². The molecule has 0 unspecified atom stereocenters. The fourth-order valence-corrected chi connectivity index (χ4v) is 2.67. The molecule has 0 spiro atoms. The first-order chi connectivity index (χ1) is 10.4. The second-order valence-corrected chi connectivity index (χ2v) is 4.90. The van der Waals surface area contributed by atoms with Gasteiger partial charge in [0.05, 0.1) is 5.69 Å². The predicted molar refractivity (Wildman–Crippen MR) is 84.8 cm³/mol. The summed E-state index contributed by atoms with van der Waals surface area (Å²) in [5.74, 6) is 0. The van der Waals surface area contributed by atoms with Crippen LogP contribution in [0.1, 0.15) is 0 Å². The van der Waals surface area contributed by atoms with Crippen molar-refractivity contribution < 1.29 is 0 Å². The van der Waals surface area contributed by atoms with Gasteiger partial charge in [0, 0.05) is 46.8 Å². The molecule has 0 saturated carbocycles. The molecule has 0 saturated heterocycles. The van der Waals surface area contributed by atoms with Crippen LogP contribution in [-0.4, -0.2) is 15.0 Å². The highest BCUT2D eigenvalue weighted by Crippen LogP contribution is 2.37. The van der Waals surface area contributed by atoms with Crippen molar-refractivity contribution in [2.45, 2.75) is 0 Å². The van der Waals surface area contributed by atoms with E-state index in [1.165, 1.54) is 11.1 Å². The average molecular weight is 271 g/mol. The molecule has 0 fully saturated rings. The highest BCUT2D eigenvalue weighted by Gasteiger charge is 2.14. The molecule has 100 valence electrons. The molecule has 3 heterocycles. The molecule has 0 bridgehead atoms. The molecular weight excluding hydrogens is 258 g/mol. The maximum Gasteiger partial charge on any atom is 0.0546 e. The van der Waals surface area contributed by atoms with Crippen LogP contribution in [-0.2, 0) is 0 Å². The van der Waals surface area contributed by atoms with Gasteiger partial charge in [-0.25, -0.2) is 0 Å². The Morgan fingerprint density at radius 3 is 2.29 bits per heavy atom. The van der Waals surface area contributed by atoms with Crippen molar-refractivity contribution in [1.82, 2.24) is 15.0 Å². The molecule has 3 aromatic heterocycles. The molecule has 4 aromatic rings. The molecule has 0 amide bonds. The number of aromatic nitrogens is 3. The molecule has 3 nitrogen and oxygen atoms in total. The van der Waals surface area contributed by atoms with Crippen LogP contribution >= 0.6 is 0 Å². The summed E-state index contributed by atoms with van der Waals surface area (Å²) < 4.78 is 0. The van der Waals surface area contributed by atoms with Crippen molar-refractivity contribution in [1.29, 1.82) is 0 Å². The molecule has 0 aliphatic carbocycles. The Bertz CT molecular complexity index is 880. The zero-order valence-corrected chi connectivity index (χ0v) is 11.3. The normalized spacial score (nSPS) is 10.9. The van der Waals surface area contributed by atoms with Gasteiger partial charge in [-0.3, -0.25) is 9.97 Å². The molecule has 0 aliphatic heterocycles. The second-order valence-electron chi connectivity index (χ2n) is 4.90. The molecule has 1 N–H and O–H groups in total. The summed E-state index contributed by atoms with van der Waals surface area (Å²) in [7, 11) is 0. The molecule has 0 aliphatic rings. The fraction of sp³-hybridized carbons (Fsp3) is 0. The van der Waals surface area contributed by atoms with Crippen LogP contribution in [0.25, 0.3) is 33.3 Å². The topological polar surface area (TPSA) is 41.6 Å². The highest BCUT2D eigenvalue weighted by atomic mass is 14.7. The lowest BCUT2D eigenvalue weighted by molar-refractivity contribution is 1.32.